The smallest absolute Gasteiger partial charge is 0.138 e. The molecule has 0 aliphatic carbocycles. The highest BCUT2D eigenvalue weighted by molar-refractivity contribution is 6.34. The molecule has 0 aliphatic rings. The molecule has 82 valence electrons. The number of pyridine rings is 2. The van der Waals surface area contributed by atoms with Gasteiger partial charge in [-0.3, -0.25) is 4.98 Å². The van der Waals surface area contributed by atoms with E-state index in [4.69, 9.17) is 11.6 Å². The van der Waals surface area contributed by atoms with Crippen molar-refractivity contribution in [2.24, 2.45) is 0 Å². The van der Waals surface area contributed by atoms with Gasteiger partial charge in [-0.25, -0.2) is 4.98 Å². The predicted molar refractivity (Wildman–Crippen MR) is 70.0 cm³/mol. The van der Waals surface area contributed by atoms with Crippen LogP contribution in [0.1, 0.15) is 0 Å². The Morgan fingerprint density at radius 1 is 0.882 bits per heavy atom. The van der Waals surface area contributed by atoms with Crippen molar-refractivity contribution in [1.82, 2.24) is 9.97 Å². The van der Waals surface area contributed by atoms with Gasteiger partial charge in [-0.15, -0.1) is 0 Å². The van der Waals surface area contributed by atoms with Crippen molar-refractivity contribution in [3.63, 3.8) is 0 Å². The van der Waals surface area contributed by atoms with Crippen molar-refractivity contribution >= 4 is 22.5 Å². The summed E-state index contributed by atoms with van der Waals surface area (Å²) >= 11 is 6.07. The fourth-order valence-corrected chi connectivity index (χ4v) is 2.07. The van der Waals surface area contributed by atoms with Gasteiger partial charge in [-0.05, 0) is 17.7 Å². The molecule has 0 N–H and O–H groups in total. The van der Waals surface area contributed by atoms with Crippen molar-refractivity contribution in [3.8, 4) is 11.1 Å². The Bertz CT molecular complexity index is 665. The molecule has 0 spiro atoms. The lowest BCUT2D eigenvalue weighted by molar-refractivity contribution is 1.32. The molecule has 2 heterocycles. The van der Waals surface area contributed by atoms with Gasteiger partial charge in [0.1, 0.15) is 5.15 Å². The third-order valence-corrected chi connectivity index (χ3v) is 2.98. The standard InChI is InChI=1S/C14H9ClN2/c15-14-11-7-4-8-16-13(11)12(9-17-14)10-5-2-1-3-6-10/h1-9H. The largest absolute Gasteiger partial charge is 0.255 e. The minimum atomic E-state index is 0.493. The summed E-state index contributed by atoms with van der Waals surface area (Å²) in [4.78, 5) is 8.60. The van der Waals surface area contributed by atoms with Gasteiger partial charge in [0.2, 0.25) is 0 Å². The van der Waals surface area contributed by atoms with Crippen molar-refractivity contribution in [1.29, 1.82) is 0 Å². The SMILES string of the molecule is Clc1ncc(-c2ccccc2)c2ncccc12. The number of hydrogen-bond donors (Lipinski definition) is 0. The molecule has 3 aromatic rings. The number of halogens is 1. The molecule has 3 heteroatoms. The summed E-state index contributed by atoms with van der Waals surface area (Å²) in [6.45, 7) is 0. The van der Waals surface area contributed by atoms with Crippen molar-refractivity contribution < 1.29 is 0 Å². The predicted octanol–water partition coefficient (Wildman–Crippen LogP) is 3.95. The molecule has 0 unspecified atom stereocenters. The highest BCUT2D eigenvalue weighted by Gasteiger charge is 2.07. The Balaban J connectivity index is 2.35. The van der Waals surface area contributed by atoms with Gasteiger partial charge in [-0.1, -0.05) is 41.9 Å². The molecule has 17 heavy (non-hydrogen) atoms. The summed E-state index contributed by atoms with van der Waals surface area (Å²) in [5, 5.41) is 1.38. The van der Waals surface area contributed by atoms with E-state index in [1.165, 1.54) is 0 Å². The fourth-order valence-electron chi connectivity index (χ4n) is 1.87. The van der Waals surface area contributed by atoms with E-state index in [9.17, 15) is 0 Å². The Hall–Kier alpha value is -1.93. The average molecular weight is 241 g/mol. The van der Waals surface area contributed by atoms with E-state index in [0.29, 0.717) is 5.15 Å². The first-order valence-electron chi connectivity index (χ1n) is 5.31. The zero-order valence-electron chi connectivity index (χ0n) is 8.97. The van der Waals surface area contributed by atoms with Crippen LogP contribution in [0, 0.1) is 0 Å². The highest BCUT2D eigenvalue weighted by atomic mass is 35.5. The lowest BCUT2D eigenvalue weighted by Gasteiger charge is -2.06. The molecule has 0 aliphatic heterocycles. The van der Waals surface area contributed by atoms with E-state index in [-0.39, 0.29) is 0 Å². The van der Waals surface area contributed by atoms with Crippen LogP contribution < -0.4 is 0 Å². The second-order valence-electron chi connectivity index (χ2n) is 3.73. The van der Waals surface area contributed by atoms with Crippen LogP contribution in [0.3, 0.4) is 0 Å². The Morgan fingerprint density at radius 3 is 2.53 bits per heavy atom. The minimum absolute atomic E-state index is 0.493. The quantitative estimate of drug-likeness (QED) is 0.602. The van der Waals surface area contributed by atoms with Gasteiger partial charge in [0, 0.05) is 23.3 Å². The maximum Gasteiger partial charge on any atom is 0.138 e. The highest BCUT2D eigenvalue weighted by Crippen LogP contribution is 2.29. The number of aromatic nitrogens is 2. The third kappa shape index (κ3) is 1.77. The summed E-state index contributed by atoms with van der Waals surface area (Å²) in [6.07, 6.45) is 3.54. The van der Waals surface area contributed by atoms with Gasteiger partial charge >= 0.3 is 0 Å². The number of rotatable bonds is 1. The molecule has 0 atom stereocenters. The lowest BCUT2D eigenvalue weighted by Crippen LogP contribution is -1.87. The summed E-state index contributed by atoms with van der Waals surface area (Å²) in [7, 11) is 0. The van der Waals surface area contributed by atoms with Crippen LogP contribution in [0.2, 0.25) is 5.15 Å². The molecule has 0 radical (unpaired) electrons. The Kier molecular flexibility index (Phi) is 2.50. The zero-order valence-corrected chi connectivity index (χ0v) is 9.72. The van der Waals surface area contributed by atoms with Crippen molar-refractivity contribution in [2.45, 2.75) is 0 Å². The van der Waals surface area contributed by atoms with E-state index in [1.807, 2.05) is 42.5 Å². The van der Waals surface area contributed by atoms with Crippen LogP contribution in [0.4, 0.5) is 0 Å². The minimum Gasteiger partial charge on any atom is -0.255 e. The van der Waals surface area contributed by atoms with Crippen LogP contribution in [0.5, 0.6) is 0 Å². The molecule has 0 fully saturated rings. The van der Waals surface area contributed by atoms with Crippen LogP contribution in [0.25, 0.3) is 22.0 Å². The van der Waals surface area contributed by atoms with Gasteiger partial charge in [0.15, 0.2) is 0 Å². The molecule has 1 aromatic carbocycles. The number of hydrogen-bond acceptors (Lipinski definition) is 2. The van der Waals surface area contributed by atoms with E-state index in [0.717, 1.165) is 22.0 Å². The summed E-state index contributed by atoms with van der Waals surface area (Å²) in [6, 6.07) is 13.9. The molecular weight excluding hydrogens is 232 g/mol. The molecule has 0 bridgehead atoms. The van der Waals surface area contributed by atoms with E-state index in [1.54, 1.807) is 12.4 Å². The van der Waals surface area contributed by atoms with E-state index in [2.05, 4.69) is 9.97 Å². The van der Waals surface area contributed by atoms with Crippen LogP contribution in [-0.2, 0) is 0 Å². The maximum absolute atomic E-state index is 6.07. The van der Waals surface area contributed by atoms with Crippen molar-refractivity contribution in [2.75, 3.05) is 0 Å². The molecule has 0 saturated heterocycles. The van der Waals surface area contributed by atoms with Crippen LogP contribution in [-0.4, -0.2) is 9.97 Å². The van der Waals surface area contributed by atoms with E-state index < -0.39 is 0 Å². The van der Waals surface area contributed by atoms with Gasteiger partial charge in [0.25, 0.3) is 0 Å². The van der Waals surface area contributed by atoms with Crippen LogP contribution >= 0.6 is 11.6 Å². The molecule has 2 nitrogen and oxygen atoms in total. The second kappa shape index (κ2) is 4.15. The molecule has 0 saturated carbocycles. The van der Waals surface area contributed by atoms with Crippen molar-refractivity contribution in [3.05, 3.63) is 60.0 Å². The van der Waals surface area contributed by atoms with Gasteiger partial charge < -0.3 is 0 Å². The van der Waals surface area contributed by atoms with Gasteiger partial charge in [0.05, 0.1) is 5.52 Å². The number of fused-ring (bicyclic) bond motifs is 1. The monoisotopic (exact) mass is 240 g/mol. The normalized spacial score (nSPS) is 10.6. The average Bonchev–Trinajstić information content (AvgIpc) is 2.41. The molecule has 2 aromatic heterocycles. The van der Waals surface area contributed by atoms with Crippen LogP contribution in [0.15, 0.2) is 54.9 Å². The summed E-state index contributed by atoms with van der Waals surface area (Å²) < 4.78 is 0. The second-order valence-corrected chi connectivity index (χ2v) is 4.09. The Morgan fingerprint density at radius 2 is 1.71 bits per heavy atom. The Labute approximate surface area is 104 Å². The first kappa shape index (κ1) is 10.2. The first-order chi connectivity index (χ1) is 8.36. The van der Waals surface area contributed by atoms with E-state index >= 15 is 0 Å². The maximum atomic E-state index is 6.07. The lowest BCUT2D eigenvalue weighted by atomic mass is 10.1. The van der Waals surface area contributed by atoms with Gasteiger partial charge in [-0.2, -0.15) is 0 Å². The summed E-state index contributed by atoms with van der Waals surface area (Å²) in [5.74, 6) is 0. The molecule has 3 rings (SSSR count). The summed E-state index contributed by atoms with van der Waals surface area (Å²) in [5.41, 5.74) is 2.99. The number of nitrogens with zero attached hydrogens (tertiary/aromatic N) is 2. The zero-order chi connectivity index (χ0) is 11.7. The first-order valence-corrected chi connectivity index (χ1v) is 5.69. The third-order valence-electron chi connectivity index (χ3n) is 2.68. The fraction of sp³-hybridized carbons (Fsp3) is 0. The topological polar surface area (TPSA) is 25.8 Å². The number of benzene rings is 1. The molecule has 0 amide bonds. The molecular formula is C14H9ClN2.